The molecule has 34 heavy (non-hydrogen) atoms. The van der Waals surface area contributed by atoms with Crippen molar-refractivity contribution in [2.24, 2.45) is 0 Å². The largest absolute Gasteiger partial charge is 0.467 e. The molecule has 2 aliphatic rings. The highest BCUT2D eigenvalue weighted by Crippen LogP contribution is 2.34. The van der Waals surface area contributed by atoms with Gasteiger partial charge in [0.2, 0.25) is 0 Å². The lowest BCUT2D eigenvalue weighted by molar-refractivity contribution is -0.384. The number of carbonyl (C=O) groups excluding carboxylic acids is 2. The zero-order valence-electron chi connectivity index (χ0n) is 18.2. The first-order valence-electron chi connectivity index (χ1n) is 10.8. The number of anilines is 1. The number of hydrogen-bond acceptors (Lipinski definition) is 8. The number of aromatic nitrogens is 1. The number of imide groups is 1. The minimum Gasteiger partial charge on any atom is -0.467 e. The fourth-order valence-electron chi connectivity index (χ4n) is 4.27. The first-order valence-corrected chi connectivity index (χ1v) is 10.8. The van der Waals surface area contributed by atoms with E-state index in [1.807, 2.05) is 23.1 Å². The van der Waals surface area contributed by atoms with E-state index in [9.17, 15) is 19.7 Å². The van der Waals surface area contributed by atoms with E-state index in [2.05, 4.69) is 9.88 Å². The number of nitrogens with zero attached hydrogens (tertiary/aromatic N) is 5. The molecule has 3 aromatic rings. The molecule has 0 unspecified atom stereocenters. The molecular formula is C24H21N5O5. The number of furan rings is 1. The summed E-state index contributed by atoms with van der Waals surface area (Å²) in [5.74, 6) is 0.504. The van der Waals surface area contributed by atoms with Gasteiger partial charge in [0.05, 0.1) is 23.3 Å². The van der Waals surface area contributed by atoms with Crippen LogP contribution >= 0.6 is 0 Å². The number of nitro groups is 1. The van der Waals surface area contributed by atoms with Crippen molar-refractivity contribution < 1.29 is 18.9 Å². The van der Waals surface area contributed by atoms with Crippen molar-refractivity contribution in [1.82, 2.24) is 14.8 Å². The van der Waals surface area contributed by atoms with Crippen molar-refractivity contribution in [2.75, 3.05) is 31.1 Å². The summed E-state index contributed by atoms with van der Waals surface area (Å²) in [5, 5.41) is 11.1. The van der Waals surface area contributed by atoms with Gasteiger partial charge in [-0.3, -0.25) is 24.6 Å². The molecule has 1 fully saturated rings. The summed E-state index contributed by atoms with van der Waals surface area (Å²) >= 11 is 0. The summed E-state index contributed by atoms with van der Waals surface area (Å²) in [6, 6.07) is 14.8. The van der Waals surface area contributed by atoms with E-state index in [-0.39, 0.29) is 17.8 Å². The Bertz CT molecular complexity index is 1250. The fraction of sp³-hybridized carbons (Fsp3) is 0.208. The lowest BCUT2D eigenvalue weighted by atomic mass is 10.0. The van der Waals surface area contributed by atoms with Crippen molar-refractivity contribution in [3.63, 3.8) is 0 Å². The van der Waals surface area contributed by atoms with E-state index in [1.165, 1.54) is 30.5 Å². The van der Waals surface area contributed by atoms with Gasteiger partial charge in [0.25, 0.3) is 17.5 Å². The number of piperazine rings is 1. The standard InChI is InChI=1S/C24H21N5O5/c30-23-21(17-6-8-18(9-7-17)29(32)33)22(24(31)28(23)16-19-4-3-15-34-19)27-13-11-26(12-14-27)20-5-1-2-10-25-20/h1-10,15H,11-14,16H2. The molecule has 0 N–H and O–H groups in total. The fourth-order valence-corrected chi connectivity index (χ4v) is 4.27. The van der Waals surface area contributed by atoms with Crippen molar-refractivity contribution in [1.29, 1.82) is 0 Å². The highest BCUT2D eigenvalue weighted by Gasteiger charge is 2.42. The normalized spacial score (nSPS) is 16.5. The van der Waals surface area contributed by atoms with Crippen LogP contribution in [0.2, 0.25) is 0 Å². The molecule has 10 nitrogen and oxygen atoms in total. The third kappa shape index (κ3) is 3.90. The van der Waals surface area contributed by atoms with Crippen LogP contribution in [0.5, 0.6) is 0 Å². The molecule has 10 heteroatoms. The van der Waals surface area contributed by atoms with Crippen LogP contribution in [0.4, 0.5) is 11.5 Å². The van der Waals surface area contributed by atoms with Crippen LogP contribution in [0, 0.1) is 10.1 Å². The average molecular weight is 459 g/mol. The predicted molar refractivity (Wildman–Crippen MR) is 122 cm³/mol. The van der Waals surface area contributed by atoms with Crippen molar-refractivity contribution in [3.05, 3.63) is 94.2 Å². The molecule has 2 aromatic heterocycles. The van der Waals surface area contributed by atoms with E-state index in [0.29, 0.717) is 43.2 Å². The Morgan fingerprint density at radius 2 is 1.65 bits per heavy atom. The number of pyridine rings is 1. The third-order valence-corrected chi connectivity index (χ3v) is 5.97. The van der Waals surface area contributed by atoms with E-state index in [4.69, 9.17) is 4.42 Å². The van der Waals surface area contributed by atoms with E-state index < -0.39 is 16.7 Å². The summed E-state index contributed by atoms with van der Waals surface area (Å²) in [5.41, 5.74) is 0.941. The maximum atomic E-state index is 13.5. The number of amides is 2. The Hall–Kier alpha value is -4.47. The quantitative estimate of drug-likeness (QED) is 0.314. The van der Waals surface area contributed by atoms with Gasteiger partial charge in [0, 0.05) is 44.5 Å². The molecule has 0 bridgehead atoms. The Morgan fingerprint density at radius 3 is 2.26 bits per heavy atom. The summed E-state index contributed by atoms with van der Waals surface area (Å²) in [6.45, 7) is 2.33. The highest BCUT2D eigenvalue weighted by atomic mass is 16.6. The van der Waals surface area contributed by atoms with Crippen molar-refractivity contribution >= 4 is 28.9 Å². The monoisotopic (exact) mass is 459 g/mol. The molecule has 4 heterocycles. The lowest BCUT2D eigenvalue weighted by Crippen LogP contribution is -2.47. The topological polar surface area (TPSA) is 113 Å². The van der Waals surface area contributed by atoms with E-state index >= 15 is 0 Å². The van der Waals surface area contributed by atoms with Crippen LogP contribution in [0.1, 0.15) is 11.3 Å². The maximum Gasteiger partial charge on any atom is 0.278 e. The first-order chi connectivity index (χ1) is 16.5. The highest BCUT2D eigenvalue weighted by molar-refractivity contribution is 6.35. The molecule has 2 aliphatic heterocycles. The minimum atomic E-state index is -0.499. The second-order valence-electron chi connectivity index (χ2n) is 7.97. The average Bonchev–Trinajstić information content (AvgIpc) is 3.47. The van der Waals surface area contributed by atoms with E-state index in [0.717, 1.165) is 10.7 Å². The van der Waals surface area contributed by atoms with Crippen LogP contribution in [0.15, 0.2) is 77.2 Å². The van der Waals surface area contributed by atoms with Gasteiger partial charge in [0.1, 0.15) is 17.3 Å². The number of nitro benzene ring substituents is 1. The van der Waals surface area contributed by atoms with Gasteiger partial charge in [-0.05, 0) is 42.0 Å². The Balaban J connectivity index is 1.46. The van der Waals surface area contributed by atoms with Gasteiger partial charge in [-0.25, -0.2) is 4.98 Å². The SMILES string of the molecule is O=C1C(c2ccc([N+](=O)[O-])cc2)=C(N2CCN(c3ccccn3)CC2)C(=O)N1Cc1ccco1. The molecule has 2 amide bonds. The summed E-state index contributed by atoms with van der Waals surface area (Å²) in [7, 11) is 0. The maximum absolute atomic E-state index is 13.5. The molecular weight excluding hydrogens is 438 g/mol. The van der Waals surface area contributed by atoms with E-state index in [1.54, 1.807) is 18.3 Å². The molecule has 0 spiro atoms. The molecule has 0 aliphatic carbocycles. The number of rotatable bonds is 6. The molecule has 5 rings (SSSR count). The smallest absolute Gasteiger partial charge is 0.278 e. The van der Waals surface area contributed by atoms with Crippen LogP contribution in [0.25, 0.3) is 5.57 Å². The molecule has 0 radical (unpaired) electrons. The second kappa shape index (κ2) is 8.81. The zero-order chi connectivity index (χ0) is 23.7. The zero-order valence-corrected chi connectivity index (χ0v) is 18.2. The van der Waals surface area contributed by atoms with Gasteiger partial charge < -0.3 is 14.2 Å². The molecule has 1 aromatic carbocycles. The van der Waals surface area contributed by atoms with Crippen molar-refractivity contribution in [3.8, 4) is 0 Å². The van der Waals surface area contributed by atoms with Crippen LogP contribution < -0.4 is 4.90 Å². The van der Waals surface area contributed by atoms with Crippen molar-refractivity contribution in [2.45, 2.75) is 6.54 Å². The molecule has 172 valence electrons. The number of non-ortho nitro benzene ring substituents is 1. The predicted octanol–water partition coefficient (Wildman–Crippen LogP) is 2.69. The Labute approximate surface area is 194 Å². The number of carbonyl (C=O) groups is 2. The van der Waals surface area contributed by atoms with Gasteiger partial charge >= 0.3 is 0 Å². The van der Waals surface area contributed by atoms with Crippen LogP contribution in [0.3, 0.4) is 0 Å². The van der Waals surface area contributed by atoms with Gasteiger partial charge in [-0.15, -0.1) is 0 Å². The Kier molecular flexibility index (Phi) is 5.54. The summed E-state index contributed by atoms with van der Waals surface area (Å²) in [4.78, 5) is 47.1. The van der Waals surface area contributed by atoms with Gasteiger partial charge in [0.15, 0.2) is 0 Å². The lowest BCUT2D eigenvalue weighted by Gasteiger charge is -2.37. The van der Waals surface area contributed by atoms with Gasteiger partial charge in [-0.2, -0.15) is 0 Å². The van der Waals surface area contributed by atoms with Crippen LogP contribution in [-0.4, -0.2) is 57.7 Å². The number of hydrogen-bond donors (Lipinski definition) is 0. The second-order valence-corrected chi connectivity index (χ2v) is 7.97. The molecule has 1 saturated heterocycles. The van der Waals surface area contributed by atoms with Crippen LogP contribution in [-0.2, 0) is 16.1 Å². The molecule has 0 atom stereocenters. The Morgan fingerprint density at radius 1 is 0.912 bits per heavy atom. The first kappa shape index (κ1) is 21.4. The third-order valence-electron chi connectivity index (χ3n) is 5.97. The summed E-state index contributed by atoms with van der Waals surface area (Å²) < 4.78 is 5.35. The number of benzene rings is 1. The van der Waals surface area contributed by atoms with Gasteiger partial charge in [-0.1, -0.05) is 6.07 Å². The summed E-state index contributed by atoms with van der Waals surface area (Å²) in [6.07, 6.45) is 3.23. The minimum absolute atomic E-state index is 0.0124. The molecule has 0 saturated carbocycles.